The molecule has 0 radical (unpaired) electrons. The molecule has 1 amide bonds. The zero-order valence-electron chi connectivity index (χ0n) is 16.4. The lowest BCUT2D eigenvalue weighted by Crippen LogP contribution is -2.45. The number of aromatic nitrogens is 3. The van der Waals surface area contributed by atoms with Crippen LogP contribution in [-0.2, 0) is 24.3 Å². The van der Waals surface area contributed by atoms with E-state index in [2.05, 4.69) is 20.7 Å². The van der Waals surface area contributed by atoms with E-state index in [0.717, 1.165) is 63.5 Å². The highest BCUT2D eigenvalue weighted by atomic mass is 16.2. The minimum atomic E-state index is 0.0128. The standard InChI is InChI=1S/C18H31N7O2/c1-3-16(26)23-12-8-14(13-23)21-17(19-2)20-9-6-11-25-18(27)24-10-5-4-7-15(24)22-25/h14H,3-13H2,1-2H3,(H2,19,20,21). The maximum absolute atomic E-state index is 12.3. The third-order valence-corrected chi connectivity index (χ3v) is 5.28. The third-order valence-electron chi connectivity index (χ3n) is 5.28. The lowest BCUT2D eigenvalue weighted by molar-refractivity contribution is -0.129. The molecular weight excluding hydrogens is 346 g/mol. The highest BCUT2D eigenvalue weighted by molar-refractivity contribution is 5.80. The van der Waals surface area contributed by atoms with Gasteiger partial charge in [-0.25, -0.2) is 9.48 Å². The Hall–Kier alpha value is -2.32. The smallest absolute Gasteiger partial charge is 0.345 e. The Labute approximate surface area is 159 Å². The van der Waals surface area contributed by atoms with Gasteiger partial charge in [0.15, 0.2) is 5.96 Å². The van der Waals surface area contributed by atoms with Crippen molar-refractivity contribution in [3.8, 4) is 0 Å². The molecule has 27 heavy (non-hydrogen) atoms. The van der Waals surface area contributed by atoms with Crippen LogP contribution in [-0.4, -0.2) is 63.8 Å². The molecule has 3 rings (SSSR count). The summed E-state index contributed by atoms with van der Waals surface area (Å²) in [4.78, 5) is 30.3. The van der Waals surface area contributed by atoms with Gasteiger partial charge in [0.2, 0.25) is 5.91 Å². The SMILES string of the molecule is CCC(=O)N1CCC(NC(=NC)NCCCn2nc3n(c2=O)CCCC3)C1. The molecule has 1 atom stereocenters. The van der Waals surface area contributed by atoms with Gasteiger partial charge in [0, 0.05) is 58.7 Å². The van der Waals surface area contributed by atoms with Crippen LogP contribution in [0.3, 0.4) is 0 Å². The summed E-state index contributed by atoms with van der Waals surface area (Å²) in [7, 11) is 1.74. The van der Waals surface area contributed by atoms with Crippen LogP contribution in [0.15, 0.2) is 9.79 Å². The molecule has 2 aliphatic rings. The fraction of sp³-hybridized carbons (Fsp3) is 0.778. The summed E-state index contributed by atoms with van der Waals surface area (Å²) in [5, 5.41) is 11.1. The molecule has 1 aromatic heterocycles. The molecule has 2 aliphatic heterocycles. The Balaban J connectivity index is 1.41. The van der Waals surface area contributed by atoms with Crippen LogP contribution >= 0.6 is 0 Å². The second kappa shape index (κ2) is 9.05. The Kier molecular flexibility index (Phi) is 6.52. The Morgan fingerprint density at radius 3 is 2.93 bits per heavy atom. The van der Waals surface area contributed by atoms with Crippen LogP contribution in [0.5, 0.6) is 0 Å². The fourth-order valence-corrected chi connectivity index (χ4v) is 3.75. The number of carbonyl (C=O) groups is 1. The van der Waals surface area contributed by atoms with Crippen LogP contribution in [0.4, 0.5) is 0 Å². The number of likely N-dealkylation sites (tertiary alicyclic amines) is 1. The van der Waals surface area contributed by atoms with Crippen molar-refractivity contribution in [1.29, 1.82) is 0 Å². The van der Waals surface area contributed by atoms with E-state index in [4.69, 9.17) is 0 Å². The zero-order valence-corrected chi connectivity index (χ0v) is 16.4. The number of aliphatic imine (C=N–C) groups is 1. The third kappa shape index (κ3) is 4.70. The predicted octanol–water partition coefficient (Wildman–Crippen LogP) is -0.0529. The van der Waals surface area contributed by atoms with E-state index in [1.54, 1.807) is 16.3 Å². The van der Waals surface area contributed by atoms with E-state index in [1.165, 1.54) is 0 Å². The van der Waals surface area contributed by atoms with Crippen molar-refractivity contribution in [2.24, 2.45) is 4.99 Å². The maximum atomic E-state index is 12.3. The minimum Gasteiger partial charge on any atom is -0.356 e. The van der Waals surface area contributed by atoms with E-state index in [0.29, 0.717) is 19.5 Å². The second-order valence-corrected chi connectivity index (χ2v) is 7.21. The van der Waals surface area contributed by atoms with Crippen LogP contribution < -0.4 is 16.3 Å². The van der Waals surface area contributed by atoms with Gasteiger partial charge in [-0.1, -0.05) is 6.92 Å². The van der Waals surface area contributed by atoms with Crippen LogP contribution in [0, 0.1) is 0 Å². The van der Waals surface area contributed by atoms with Crippen molar-refractivity contribution in [2.45, 2.75) is 64.6 Å². The van der Waals surface area contributed by atoms with Gasteiger partial charge in [0.1, 0.15) is 5.82 Å². The number of nitrogens with zero attached hydrogens (tertiary/aromatic N) is 5. The Morgan fingerprint density at radius 2 is 2.19 bits per heavy atom. The van der Waals surface area contributed by atoms with Crippen LogP contribution in [0.25, 0.3) is 0 Å². The molecule has 3 heterocycles. The molecule has 1 saturated heterocycles. The molecule has 0 bridgehead atoms. The lowest BCUT2D eigenvalue weighted by atomic mass is 10.2. The van der Waals surface area contributed by atoms with E-state index < -0.39 is 0 Å². The predicted molar refractivity (Wildman–Crippen MR) is 104 cm³/mol. The molecule has 1 aromatic rings. The molecule has 1 fully saturated rings. The molecule has 9 nitrogen and oxygen atoms in total. The van der Waals surface area contributed by atoms with Gasteiger partial charge < -0.3 is 15.5 Å². The first-order valence-corrected chi connectivity index (χ1v) is 10.0. The van der Waals surface area contributed by atoms with Gasteiger partial charge in [0.25, 0.3) is 0 Å². The minimum absolute atomic E-state index is 0.0128. The highest BCUT2D eigenvalue weighted by Crippen LogP contribution is 2.10. The normalized spacial score (nSPS) is 19.9. The quantitative estimate of drug-likeness (QED) is 0.412. The number of fused-ring (bicyclic) bond motifs is 1. The molecule has 0 aliphatic carbocycles. The summed E-state index contributed by atoms with van der Waals surface area (Å²) >= 11 is 0. The fourth-order valence-electron chi connectivity index (χ4n) is 3.75. The van der Waals surface area contributed by atoms with Gasteiger partial charge in [-0.2, -0.15) is 5.10 Å². The van der Waals surface area contributed by atoms with Gasteiger partial charge in [0.05, 0.1) is 0 Å². The number of guanidine groups is 1. The van der Waals surface area contributed by atoms with Gasteiger partial charge >= 0.3 is 5.69 Å². The van der Waals surface area contributed by atoms with Crippen molar-refractivity contribution in [1.82, 2.24) is 29.9 Å². The average Bonchev–Trinajstić information content (AvgIpc) is 3.28. The molecule has 150 valence electrons. The topological polar surface area (TPSA) is 96.6 Å². The maximum Gasteiger partial charge on any atom is 0.345 e. The van der Waals surface area contributed by atoms with Crippen molar-refractivity contribution in [3.05, 3.63) is 16.3 Å². The first kappa shape index (κ1) is 19.4. The van der Waals surface area contributed by atoms with Gasteiger partial charge in [-0.15, -0.1) is 0 Å². The van der Waals surface area contributed by atoms with Crippen molar-refractivity contribution < 1.29 is 4.79 Å². The molecule has 9 heteroatoms. The summed E-state index contributed by atoms with van der Waals surface area (Å²) in [6.07, 6.45) is 5.35. The zero-order chi connectivity index (χ0) is 19.2. The molecule has 1 unspecified atom stereocenters. The number of rotatable bonds is 6. The summed E-state index contributed by atoms with van der Waals surface area (Å²) in [6, 6.07) is 0.231. The number of nitrogens with one attached hydrogen (secondary N) is 2. The average molecular weight is 377 g/mol. The largest absolute Gasteiger partial charge is 0.356 e. The van der Waals surface area contributed by atoms with Crippen molar-refractivity contribution >= 4 is 11.9 Å². The Bertz CT molecular complexity index is 737. The lowest BCUT2D eigenvalue weighted by Gasteiger charge is -2.18. The molecule has 0 saturated carbocycles. The van der Waals surface area contributed by atoms with Crippen LogP contribution in [0.1, 0.15) is 44.9 Å². The summed E-state index contributed by atoms with van der Waals surface area (Å²) in [5.41, 5.74) is 0.0128. The number of hydrogen-bond donors (Lipinski definition) is 2. The second-order valence-electron chi connectivity index (χ2n) is 7.21. The number of carbonyl (C=O) groups excluding carboxylic acids is 1. The van der Waals surface area contributed by atoms with E-state index in [1.807, 2.05) is 11.8 Å². The number of amides is 1. The molecule has 0 aromatic carbocycles. The molecule has 2 N–H and O–H groups in total. The van der Waals surface area contributed by atoms with E-state index in [9.17, 15) is 9.59 Å². The molecule has 0 spiro atoms. The summed E-state index contributed by atoms with van der Waals surface area (Å²) < 4.78 is 3.39. The van der Waals surface area contributed by atoms with Crippen molar-refractivity contribution in [3.63, 3.8) is 0 Å². The van der Waals surface area contributed by atoms with Gasteiger partial charge in [-0.3, -0.25) is 14.4 Å². The first-order valence-electron chi connectivity index (χ1n) is 10.0. The Morgan fingerprint density at radius 1 is 1.33 bits per heavy atom. The monoisotopic (exact) mass is 377 g/mol. The van der Waals surface area contributed by atoms with Gasteiger partial charge in [-0.05, 0) is 25.7 Å². The summed E-state index contributed by atoms with van der Waals surface area (Å²) in [6.45, 7) is 5.52. The number of aryl methyl sites for hydroxylation is 2. The molecular formula is C18H31N7O2. The van der Waals surface area contributed by atoms with Crippen molar-refractivity contribution in [2.75, 3.05) is 26.7 Å². The first-order chi connectivity index (χ1) is 13.1. The van der Waals surface area contributed by atoms with E-state index >= 15 is 0 Å². The van der Waals surface area contributed by atoms with E-state index in [-0.39, 0.29) is 17.6 Å². The summed E-state index contributed by atoms with van der Waals surface area (Å²) in [5.74, 6) is 1.86. The van der Waals surface area contributed by atoms with Crippen LogP contribution in [0.2, 0.25) is 0 Å². The number of hydrogen-bond acceptors (Lipinski definition) is 4. The highest BCUT2D eigenvalue weighted by Gasteiger charge is 2.25.